The zero-order chi connectivity index (χ0) is 15.4. The molecule has 1 amide bonds. The summed E-state index contributed by atoms with van der Waals surface area (Å²) in [5.74, 6) is 0.132. The zero-order valence-electron chi connectivity index (χ0n) is 12.8. The largest absolute Gasteiger partial charge is 0.396 e. The molecule has 0 fully saturated rings. The predicted molar refractivity (Wildman–Crippen MR) is 80.1 cm³/mol. The highest BCUT2D eigenvalue weighted by atomic mass is 35.5. The van der Waals surface area contributed by atoms with Gasteiger partial charge in [-0.25, -0.2) is 0 Å². The quantitative estimate of drug-likeness (QED) is 0.847. The zero-order valence-corrected chi connectivity index (χ0v) is 13.5. The van der Waals surface area contributed by atoms with Crippen molar-refractivity contribution in [3.63, 3.8) is 0 Å². The van der Waals surface area contributed by atoms with Crippen molar-refractivity contribution in [3.05, 3.63) is 16.4 Å². The summed E-state index contributed by atoms with van der Waals surface area (Å²) in [7, 11) is 1.72. The number of halogens is 1. The Morgan fingerprint density at radius 1 is 1.40 bits per heavy atom. The second-order valence-electron chi connectivity index (χ2n) is 5.67. The number of carbonyl (C=O) groups is 1. The minimum atomic E-state index is -0.223. The van der Waals surface area contributed by atoms with Gasteiger partial charge in [0, 0.05) is 19.7 Å². The van der Waals surface area contributed by atoms with Crippen LogP contribution in [0.15, 0.2) is 0 Å². The van der Waals surface area contributed by atoms with E-state index in [1.807, 2.05) is 27.7 Å². The average molecular weight is 302 g/mol. The van der Waals surface area contributed by atoms with Gasteiger partial charge in [-0.2, -0.15) is 5.10 Å². The van der Waals surface area contributed by atoms with Crippen LogP contribution >= 0.6 is 11.6 Å². The molecule has 0 spiro atoms. The molecule has 1 aromatic heterocycles. The number of amides is 1. The van der Waals surface area contributed by atoms with E-state index in [-0.39, 0.29) is 30.4 Å². The number of hydrogen-bond acceptors (Lipinski definition) is 3. The Bertz CT molecular complexity index is 469. The van der Waals surface area contributed by atoms with Crippen molar-refractivity contribution >= 4 is 17.5 Å². The van der Waals surface area contributed by atoms with Crippen molar-refractivity contribution in [1.29, 1.82) is 0 Å². The van der Waals surface area contributed by atoms with Crippen LogP contribution in [0.4, 0.5) is 0 Å². The summed E-state index contributed by atoms with van der Waals surface area (Å²) in [6, 6.07) is -0.0798. The molecule has 1 rings (SSSR count). The molecule has 6 heteroatoms. The maximum Gasteiger partial charge on any atom is 0.256 e. The maximum atomic E-state index is 12.5. The fourth-order valence-corrected chi connectivity index (χ4v) is 2.31. The van der Waals surface area contributed by atoms with Crippen molar-refractivity contribution in [2.24, 2.45) is 13.0 Å². The van der Waals surface area contributed by atoms with Gasteiger partial charge < -0.3 is 10.4 Å². The molecule has 2 N–H and O–H groups in total. The molecule has 0 saturated heterocycles. The summed E-state index contributed by atoms with van der Waals surface area (Å²) in [6.45, 7) is 8.01. The van der Waals surface area contributed by atoms with Crippen LogP contribution in [0.2, 0.25) is 5.15 Å². The highest BCUT2D eigenvalue weighted by Gasteiger charge is 2.25. The lowest BCUT2D eigenvalue weighted by atomic mass is 10.00. The first-order chi connectivity index (χ1) is 9.29. The second-order valence-corrected chi connectivity index (χ2v) is 6.02. The Kier molecular flexibility index (Phi) is 6.02. The number of aliphatic hydroxyl groups excluding tert-OH is 1. The third-order valence-corrected chi connectivity index (χ3v) is 3.77. The van der Waals surface area contributed by atoms with E-state index in [0.717, 1.165) is 0 Å². The lowest BCUT2D eigenvalue weighted by Crippen LogP contribution is -2.39. The Hall–Kier alpha value is -1.07. The average Bonchev–Trinajstić information content (AvgIpc) is 2.65. The highest BCUT2D eigenvalue weighted by molar-refractivity contribution is 6.33. The van der Waals surface area contributed by atoms with Crippen LogP contribution in [0.3, 0.4) is 0 Å². The van der Waals surface area contributed by atoms with E-state index in [1.165, 1.54) is 4.68 Å². The maximum absolute atomic E-state index is 12.5. The van der Waals surface area contributed by atoms with E-state index in [4.69, 9.17) is 16.7 Å². The Balaban J connectivity index is 3.02. The van der Waals surface area contributed by atoms with Gasteiger partial charge in [-0.15, -0.1) is 0 Å². The van der Waals surface area contributed by atoms with Gasteiger partial charge in [-0.05, 0) is 18.3 Å². The molecule has 0 aliphatic rings. The highest BCUT2D eigenvalue weighted by Crippen LogP contribution is 2.25. The molecular weight excluding hydrogens is 278 g/mol. The standard InChI is InChI=1S/C14H24ClN3O2/c1-8(2)10(6-7-19)16-14(20)11-12(9(3)4)17-18(5)13(11)15/h8-10,19H,6-7H2,1-5H3,(H,16,20). The third-order valence-electron chi connectivity index (χ3n) is 3.34. The molecule has 114 valence electrons. The summed E-state index contributed by atoms with van der Waals surface area (Å²) < 4.78 is 1.52. The summed E-state index contributed by atoms with van der Waals surface area (Å²) in [6.07, 6.45) is 0.526. The summed E-state index contributed by atoms with van der Waals surface area (Å²) in [5.41, 5.74) is 1.13. The van der Waals surface area contributed by atoms with Gasteiger partial charge in [0.1, 0.15) is 5.15 Å². The van der Waals surface area contributed by atoms with Crippen molar-refractivity contribution in [2.45, 2.75) is 46.1 Å². The number of rotatable bonds is 6. The van der Waals surface area contributed by atoms with Crippen molar-refractivity contribution in [3.8, 4) is 0 Å². The number of aromatic nitrogens is 2. The Morgan fingerprint density at radius 2 is 2.00 bits per heavy atom. The Morgan fingerprint density at radius 3 is 2.45 bits per heavy atom. The summed E-state index contributed by atoms with van der Waals surface area (Å²) in [5, 5.41) is 16.7. The second kappa shape index (κ2) is 7.09. The van der Waals surface area contributed by atoms with E-state index in [0.29, 0.717) is 22.8 Å². The minimum absolute atomic E-state index is 0.0426. The number of aryl methyl sites for hydroxylation is 1. The van der Waals surface area contributed by atoms with Crippen LogP contribution in [-0.4, -0.2) is 33.4 Å². The van der Waals surface area contributed by atoms with E-state index in [1.54, 1.807) is 7.05 Å². The first-order valence-electron chi connectivity index (χ1n) is 6.93. The van der Waals surface area contributed by atoms with E-state index < -0.39 is 0 Å². The number of carbonyl (C=O) groups excluding carboxylic acids is 1. The molecule has 0 saturated carbocycles. The predicted octanol–water partition coefficient (Wildman–Crippen LogP) is 2.33. The van der Waals surface area contributed by atoms with E-state index in [9.17, 15) is 4.79 Å². The molecule has 20 heavy (non-hydrogen) atoms. The molecule has 1 heterocycles. The normalized spacial score (nSPS) is 13.1. The molecular formula is C14H24ClN3O2. The lowest BCUT2D eigenvalue weighted by molar-refractivity contribution is 0.0915. The molecule has 1 aromatic rings. The van der Waals surface area contributed by atoms with Crippen LogP contribution in [0.1, 0.15) is 56.1 Å². The first kappa shape index (κ1) is 17.0. The summed E-state index contributed by atoms with van der Waals surface area (Å²) >= 11 is 6.18. The van der Waals surface area contributed by atoms with Crippen LogP contribution in [-0.2, 0) is 7.05 Å². The van der Waals surface area contributed by atoms with Crippen molar-refractivity contribution in [2.75, 3.05) is 6.61 Å². The first-order valence-corrected chi connectivity index (χ1v) is 7.31. The monoisotopic (exact) mass is 301 g/mol. The molecule has 0 radical (unpaired) electrons. The molecule has 0 aromatic carbocycles. The van der Waals surface area contributed by atoms with E-state index >= 15 is 0 Å². The molecule has 0 bridgehead atoms. The molecule has 0 aliphatic heterocycles. The van der Waals surface area contributed by atoms with Crippen molar-refractivity contribution in [1.82, 2.24) is 15.1 Å². The van der Waals surface area contributed by atoms with Gasteiger partial charge >= 0.3 is 0 Å². The van der Waals surface area contributed by atoms with Crippen LogP contribution in [0.25, 0.3) is 0 Å². The van der Waals surface area contributed by atoms with Crippen LogP contribution in [0.5, 0.6) is 0 Å². The Labute approximate surface area is 125 Å². The van der Waals surface area contributed by atoms with Gasteiger partial charge in [0.25, 0.3) is 5.91 Å². The fourth-order valence-electron chi connectivity index (χ4n) is 2.09. The number of nitrogens with one attached hydrogen (secondary N) is 1. The lowest BCUT2D eigenvalue weighted by Gasteiger charge is -2.21. The smallest absolute Gasteiger partial charge is 0.256 e. The van der Waals surface area contributed by atoms with Crippen molar-refractivity contribution < 1.29 is 9.90 Å². The molecule has 0 aliphatic carbocycles. The van der Waals surface area contributed by atoms with Crippen LogP contribution < -0.4 is 5.32 Å². The van der Waals surface area contributed by atoms with Gasteiger partial charge in [-0.3, -0.25) is 9.48 Å². The minimum Gasteiger partial charge on any atom is -0.396 e. The number of hydrogen-bond donors (Lipinski definition) is 2. The molecule has 1 atom stereocenters. The number of nitrogens with zero attached hydrogens (tertiary/aromatic N) is 2. The van der Waals surface area contributed by atoms with Gasteiger partial charge in [0.2, 0.25) is 0 Å². The SMILES string of the molecule is CC(C)c1nn(C)c(Cl)c1C(=O)NC(CCO)C(C)C. The summed E-state index contributed by atoms with van der Waals surface area (Å²) in [4.78, 5) is 12.5. The van der Waals surface area contributed by atoms with Gasteiger partial charge in [0.05, 0.1) is 11.3 Å². The molecule has 5 nitrogen and oxygen atoms in total. The number of aliphatic hydroxyl groups is 1. The van der Waals surface area contributed by atoms with Gasteiger partial charge in [0.15, 0.2) is 0 Å². The van der Waals surface area contributed by atoms with Crippen LogP contribution in [0, 0.1) is 5.92 Å². The third kappa shape index (κ3) is 3.73. The fraction of sp³-hybridized carbons (Fsp3) is 0.714. The van der Waals surface area contributed by atoms with Gasteiger partial charge in [-0.1, -0.05) is 39.3 Å². The topological polar surface area (TPSA) is 67.2 Å². The van der Waals surface area contributed by atoms with E-state index in [2.05, 4.69) is 10.4 Å². The molecule has 1 unspecified atom stereocenters.